The highest BCUT2D eigenvalue weighted by atomic mass is 32.2. The van der Waals surface area contributed by atoms with Gasteiger partial charge in [0.05, 0.1) is 6.54 Å². The molecule has 0 amide bonds. The summed E-state index contributed by atoms with van der Waals surface area (Å²) in [6, 6.07) is 4.21. The number of hydrogen-bond acceptors (Lipinski definition) is 5. The van der Waals surface area contributed by atoms with Crippen LogP contribution in [0.5, 0.6) is 0 Å². The Kier molecular flexibility index (Phi) is 5.28. The van der Waals surface area contributed by atoms with Crippen LogP contribution in [0.2, 0.25) is 0 Å². The van der Waals surface area contributed by atoms with Gasteiger partial charge in [0.25, 0.3) is 0 Å². The van der Waals surface area contributed by atoms with Crippen molar-refractivity contribution in [1.29, 1.82) is 0 Å². The topological polar surface area (TPSA) is 40.9 Å². The van der Waals surface area contributed by atoms with Crippen LogP contribution in [-0.4, -0.2) is 35.9 Å². The average Bonchev–Trinajstić information content (AvgIpc) is 3.12. The predicted molar refractivity (Wildman–Crippen MR) is 101 cm³/mol. The number of hydrogen-bond donors (Lipinski definition) is 0. The third kappa shape index (κ3) is 4.10. The number of allylic oxidation sites excluding steroid dienone is 2. The number of aromatic nitrogens is 1. The normalized spacial score (nSPS) is 21.3. The number of anilines is 1. The second kappa shape index (κ2) is 7.59. The van der Waals surface area contributed by atoms with Crippen LogP contribution in [0.3, 0.4) is 0 Å². The molecule has 0 atom stereocenters. The summed E-state index contributed by atoms with van der Waals surface area (Å²) >= 11 is 1.59. The van der Waals surface area contributed by atoms with Crippen molar-refractivity contribution in [2.24, 2.45) is 9.98 Å². The molecular weight excluding hydrogens is 304 g/mol. The van der Waals surface area contributed by atoms with Gasteiger partial charge in [0.1, 0.15) is 10.9 Å². The highest BCUT2D eigenvalue weighted by Crippen LogP contribution is 2.26. The summed E-state index contributed by atoms with van der Waals surface area (Å²) in [6.45, 7) is 9.02. The maximum Gasteiger partial charge on any atom is 0.128 e. The summed E-state index contributed by atoms with van der Waals surface area (Å²) in [5.41, 5.74) is 2.09. The summed E-state index contributed by atoms with van der Waals surface area (Å²) in [7, 11) is 0. The lowest BCUT2D eigenvalue weighted by atomic mass is 10.3. The molecule has 0 radical (unpaired) electrons. The highest BCUT2D eigenvalue weighted by molar-refractivity contribution is 8.17. The van der Waals surface area contributed by atoms with Gasteiger partial charge in [-0.15, -0.1) is 0 Å². The summed E-state index contributed by atoms with van der Waals surface area (Å²) in [4.78, 5) is 17.0. The molecule has 1 aromatic heterocycles. The van der Waals surface area contributed by atoms with Gasteiger partial charge in [-0.2, -0.15) is 0 Å². The fourth-order valence-electron chi connectivity index (χ4n) is 2.68. The zero-order valence-electron chi connectivity index (χ0n) is 13.5. The molecule has 0 N–H and O–H groups in total. The van der Waals surface area contributed by atoms with E-state index < -0.39 is 0 Å². The van der Waals surface area contributed by atoms with Crippen LogP contribution < -0.4 is 4.90 Å². The van der Waals surface area contributed by atoms with Gasteiger partial charge in [-0.1, -0.05) is 25.3 Å². The van der Waals surface area contributed by atoms with Gasteiger partial charge < -0.3 is 4.90 Å². The van der Waals surface area contributed by atoms with Gasteiger partial charge in [-0.25, -0.2) is 4.98 Å². The van der Waals surface area contributed by atoms with Crippen molar-refractivity contribution >= 4 is 28.8 Å². The zero-order chi connectivity index (χ0) is 16.1. The van der Waals surface area contributed by atoms with E-state index in [4.69, 9.17) is 0 Å². The fourth-order valence-corrected chi connectivity index (χ4v) is 3.50. The van der Waals surface area contributed by atoms with Crippen molar-refractivity contribution in [2.45, 2.75) is 26.2 Å². The molecule has 0 aliphatic carbocycles. The summed E-state index contributed by atoms with van der Waals surface area (Å²) in [5.74, 6) is 1.06. The summed E-state index contributed by atoms with van der Waals surface area (Å²) in [6.07, 6.45) is 9.24. The molecule has 2 aliphatic rings. The molecule has 3 heterocycles. The molecule has 0 aromatic carbocycles. The van der Waals surface area contributed by atoms with Crippen molar-refractivity contribution in [3.63, 3.8) is 0 Å². The first-order chi connectivity index (χ1) is 11.3. The zero-order valence-corrected chi connectivity index (χ0v) is 14.4. The molecule has 5 heteroatoms. The number of thioether (sulfide) groups is 1. The van der Waals surface area contributed by atoms with E-state index in [0.29, 0.717) is 6.54 Å². The third-order valence-corrected chi connectivity index (χ3v) is 4.85. The minimum Gasteiger partial charge on any atom is -0.357 e. The van der Waals surface area contributed by atoms with Crippen molar-refractivity contribution in [3.05, 3.63) is 47.2 Å². The number of pyridine rings is 1. The molecule has 3 rings (SSSR count). The average molecular weight is 326 g/mol. The van der Waals surface area contributed by atoms with E-state index in [1.54, 1.807) is 11.8 Å². The van der Waals surface area contributed by atoms with E-state index in [0.717, 1.165) is 46.5 Å². The number of rotatable bonds is 3. The van der Waals surface area contributed by atoms with Crippen molar-refractivity contribution < 1.29 is 0 Å². The lowest BCUT2D eigenvalue weighted by Gasteiger charge is -2.16. The van der Waals surface area contributed by atoms with Crippen LogP contribution in [0, 0.1) is 0 Å². The van der Waals surface area contributed by atoms with Gasteiger partial charge in [0.15, 0.2) is 0 Å². The standard InChI is InChI=1S/C18H22N4S/c1-3-16-12-14(2)23-18(20-9-8-19-16)15-6-7-17(21-13-15)22-10-4-5-11-22/h6-8,12-13H,2-5,9-11H2,1H3/b16-12-,19-8?,20-18?. The molecule has 2 aliphatic heterocycles. The second-order valence-electron chi connectivity index (χ2n) is 5.61. The molecule has 0 bridgehead atoms. The molecule has 0 spiro atoms. The molecule has 23 heavy (non-hydrogen) atoms. The Morgan fingerprint density at radius 3 is 2.78 bits per heavy atom. The summed E-state index contributed by atoms with van der Waals surface area (Å²) in [5, 5.41) is 0.954. The lowest BCUT2D eigenvalue weighted by molar-refractivity contribution is 0.937. The Morgan fingerprint density at radius 1 is 1.26 bits per heavy atom. The van der Waals surface area contributed by atoms with E-state index in [-0.39, 0.29) is 0 Å². The van der Waals surface area contributed by atoms with Gasteiger partial charge in [0.2, 0.25) is 0 Å². The van der Waals surface area contributed by atoms with E-state index >= 15 is 0 Å². The van der Waals surface area contributed by atoms with Crippen LogP contribution in [0.15, 0.2) is 51.6 Å². The molecular formula is C18H22N4S. The van der Waals surface area contributed by atoms with Crippen molar-refractivity contribution in [3.8, 4) is 0 Å². The third-order valence-electron chi connectivity index (χ3n) is 3.92. The Morgan fingerprint density at radius 2 is 2.09 bits per heavy atom. The first kappa shape index (κ1) is 16.0. The maximum atomic E-state index is 4.64. The fraction of sp³-hybridized carbons (Fsp3) is 0.389. The SMILES string of the molecule is C=C1/C=C(/CC)N=CCN=C(c2ccc(N3CCCC3)nc2)S1. The summed E-state index contributed by atoms with van der Waals surface area (Å²) < 4.78 is 0. The quantitative estimate of drug-likeness (QED) is 0.841. The maximum absolute atomic E-state index is 4.64. The monoisotopic (exact) mass is 326 g/mol. The Balaban J connectivity index is 1.78. The van der Waals surface area contributed by atoms with Gasteiger partial charge in [-0.3, -0.25) is 9.98 Å². The largest absolute Gasteiger partial charge is 0.357 e. The number of nitrogens with zero attached hydrogens (tertiary/aromatic N) is 4. The minimum absolute atomic E-state index is 0.584. The molecule has 0 unspecified atom stereocenters. The first-order valence-corrected chi connectivity index (χ1v) is 8.93. The van der Waals surface area contributed by atoms with Crippen molar-refractivity contribution in [1.82, 2.24) is 4.98 Å². The van der Waals surface area contributed by atoms with Crippen LogP contribution in [-0.2, 0) is 0 Å². The van der Waals surface area contributed by atoms with Gasteiger partial charge in [-0.05, 0) is 37.5 Å². The van der Waals surface area contributed by atoms with Crippen LogP contribution in [0.1, 0.15) is 31.7 Å². The first-order valence-electron chi connectivity index (χ1n) is 8.12. The lowest BCUT2D eigenvalue weighted by Crippen LogP contribution is -2.18. The van der Waals surface area contributed by atoms with Gasteiger partial charge >= 0.3 is 0 Å². The van der Waals surface area contributed by atoms with Crippen molar-refractivity contribution in [2.75, 3.05) is 24.5 Å². The number of aliphatic imine (C=N–C) groups is 2. The van der Waals surface area contributed by atoms with E-state index in [9.17, 15) is 0 Å². The minimum atomic E-state index is 0.584. The van der Waals surface area contributed by atoms with E-state index in [2.05, 4.69) is 45.5 Å². The highest BCUT2D eigenvalue weighted by Gasteiger charge is 2.14. The van der Waals surface area contributed by atoms with E-state index in [1.165, 1.54) is 12.8 Å². The molecule has 1 fully saturated rings. The molecule has 4 nitrogen and oxygen atoms in total. The Bertz CT molecular complexity index is 652. The second-order valence-corrected chi connectivity index (χ2v) is 6.73. The molecule has 1 aromatic rings. The predicted octanol–water partition coefficient (Wildman–Crippen LogP) is 4.05. The molecule has 0 saturated carbocycles. The Hall–Kier alpha value is -1.88. The van der Waals surface area contributed by atoms with Gasteiger partial charge in [0, 0.05) is 41.7 Å². The van der Waals surface area contributed by atoms with Crippen LogP contribution >= 0.6 is 11.8 Å². The molecule has 1 saturated heterocycles. The van der Waals surface area contributed by atoms with E-state index in [1.807, 2.05) is 18.5 Å². The van der Waals surface area contributed by atoms with Crippen LogP contribution in [0.25, 0.3) is 0 Å². The smallest absolute Gasteiger partial charge is 0.128 e. The Labute approximate surface area is 142 Å². The van der Waals surface area contributed by atoms with Crippen LogP contribution in [0.4, 0.5) is 5.82 Å². The molecule has 120 valence electrons.